The summed E-state index contributed by atoms with van der Waals surface area (Å²) in [6.45, 7) is 4.57. The average Bonchev–Trinajstić information content (AvgIpc) is 3.49. The number of amides is 3. The molecule has 4 unspecified atom stereocenters. The Morgan fingerprint density at radius 1 is 0.919 bits per heavy atom. The summed E-state index contributed by atoms with van der Waals surface area (Å²) in [4.78, 5) is 42.6. The van der Waals surface area contributed by atoms with E-state index in [9.17, 15) is 18.8 Å². The van der Waals surface area contributed by atoms with Gasteiger partial charge in [-0.2, -0.15) is 0 Å². The number of piperidine rings is 1. The monoisotopic (exact) mass is 505 g/mol. The first-order chi connectivity index (χ1) is 17.8. The van der Waals surface area contributed by atoms with E-state index in [0.717, 1.165) is 24.0 Å². The summed E-state index contributed by atoms with van der Waals surface area (Å²) in [7, 11) is 0. The molecule has 3 aliphatic rings. The van der Waals surface area contributed by atoms with Gasteiger partial charge in [-0.15, -0.1) is 0 Å². The average molecular weight is 506 g/mol. The Kier molecular flexibility index (Phi) is 7.31. The number of hydrogen-bond donors (Lipinski definition) is 1. The molecule has 0 aliphatic carbocycles. The molecule has 196 valence electrons. The van der Waals surface area contributed by atoms with Gasteiger partial charge in [-0.25, -0.2) is 4.39 Å². The minimum Gasteiger partial charge on any atom is -0.343 e. The quantitative estimate of drug-likeness (QED) is 0.635. The lowest BCUT2D eigenvalue weighted by molar-refractivity contribution is -0.145. The summed E-state index contributed by atoms with van der Waals surface area (Å²) < 4.78 is 14.7. The van der Waals surface area contributed by atoms with Crippen molar-refractivity contribution in [3.63, 3.8) is 0 Å². The molecule has 7 heteroatoms. The molecule has 3 fully saturated rings. The zero-order chi connectivity index (χ0) is 26.1. The molecule has 2 aromatic carbocycles. The molecule has 1 N–H and O–H groups in total. The number of carbonyl (C=O) groups is 3. The van der Waals surface area contributed by atoms with E-state index in [1.165, 1.54) is 10.5 Å². The van der Waals surface area contributed by atoms with Gasteiger partial charge in [-0.3, -0.25) is 14.4 Å². The summed E-state index contributed by atoms with van der Waals surface area (Å²) in [6, 6.07) is 16.8. The number of likely N-dealkylation sites (tertiary alicyclic amines) is 1. The van der Waals surface area contributed by atoms with E-state index in [1.54, 1.807) is 0 Å². The third-order valence-corrected chi connectivity index (χ3v) is 8.26. The molecule has 37 heavy (non-hydrogen) atoms. The van der Waals surface area contributed by atoms with Crippen LogP contribution in [-0.2, 0) is 14.4 Å². The summed E-state index contributed by atoms with van der Waals surface area (Å²) >= 11 is 0. The molecule has 3 aliphatic heterocycles. The van der Waals surface area contributed by atoms with Gasteiger partial charge in [-0.05, 0) is 41.9 Å². The maximum atomic E-state index is 14.7. The molecule has 3 amide bonds. The van der Waals surface area contributed by atoms with Crippen molar-refractivity contribution < 1.29 is 18.8 Å². The maximum absolute atomic E-state index is 14.7. The van der Waals surface area contributed by atoms with Crippen LogP contribution in [0, 0.1) is 5.92 Å². The maximum Gasteiger partial charge on any atom is 0.243 e. The van der Waals surface area contributed by atoms with Crippen molar-refractivity contribution in [2.75, 3.05) is 13.1 Å². The number of fused-ring (bicyclic) bond motifs is 1. The molecule has 0 bridgehead atoms. The highest BCUT2D eigenvalue weighted by Crippen LogP contribution is 2.33. The fraction of sp³-hybridized carbons (Fsp3) is 0.500. The molecule has 6 nitrogen and oxygen atoms in total. The fourth-order valence-corrected chi connectivity index (χ4v) is 6.10. The van der Waals surface area contributed by atoms with Gasteiger partial charge in [0.25, 0.3) is 0 Å². The molecule has 0 aromatic heterocycles. The first-order valence-electron chi connectivity index (χ1n) is 13.5. The lowest BCUT2D eigenvalue weighted by atomic mass is 9.92. The van der Waals surface area contributed by atoms with E-state index in [-0.39, 0.29) is 42.6 Å². The molecule has 5 atom stereocenters. The number of alkyl halides is 1. The van der Waals surface area contributed by atoms with Crippen LogP contribution in [0.2, 0.25) is 0 Å². The number of halogens is 1. The van der Waals surface area contributed by atoms with Crippen molar-refractivity contribution in [3.8, 4) is 0 Å². The molecular formula is C30H36FN3O3. The van der Waals surface area contributed by atoms with Gasteiger partial charge in [0.15, 0.2) is 0 Å². The lowest BCUT2D eigenvalue weighted by Crippen LogP contribution is -2.52. The van der Waals surface area contributed by atoms with Crippen molar-refractivity contribution in [3.05, 3.63) is 71.3 Å². The highest BCUT2D eigenvalue weighted by atomic mass is 19.1. The van der Waals surface area contributed by atoms with Crippen LogP contribution in [0.3, 0.4) is 0 Å². The van der Waals surface area contributed by atoms with Crippen molar-refractivity contribution >= 4 is 17.7 Å². The Morgan fingerprint density at radius 3 is 2.30 bits per heavy atom. The summed E-state index contributed by atoms with van der Waals surface area (Å²) in [5, 5.41) is 3.13. The predicted molar refractivity (Wildman–Crippen MR) is 139 cm³/mol. The van der Waals surface area contributed by atoms with Gasteiger partial charge in [0, 0.05) is 25.4 Å². The number of benzene rings is 2. The van der Waals surface area contributed by atoms with E-state index in [0.29, 0.717) is 25.3 Å². The minimum absolute atomic E-state index is 0.0106. The Balaban J connectivity index is 1.34. The van der Waals surface area contributed by atoms with Gasteiger partial charge in [0.05, 0.1) is 18.5 Å². The molecule has 0 saturated carbocycles. The highest BCUT2D eigenvalue weighted by molar-refractivity contribution is 5.90. The number of carbonyl (C=O) groups excluding carboxylic acids is 3. The Labute approximate surface area is 218 Å². The van der Waals surface area contributed by atoms with E-state index in [2.05, 4.69) is 31.3 Å². The van der Waals surface area contributed by atoms with Crippen molar-refractivity contribution in [1.82, 2.24) is 15.1 Å². The summed E-state index contributed by atoms with van der Waals surface area (Å²) in [5.41, 5.74) is 3.06. The van der Waals surface area contributed by atoms with Crippen LogP contribution in [0.5, 0.6) is 0 Å². The number of rotatable bonds is 6. The zero-order valence-electron chi connectivity index (χ0n) is 21.6. The number of nitrogens with one attached hydrogen (secondary N) is 1. The first-order valence-corrected chi connectivity index (χ1v) is 13.5. The van der Waals surface area contributed by atoms with Crippen molar-refractivity contribution in [2.45, 2.75) is 76.2 Å². The van der Waals surface area contributed by atoms with Crippen LogP contribution < -0.4 is 5.32 Å². The first kappa shape index (κ1) is 25.4. The normalized spacial score (nSPS) is 26.3. The van der Waals surface area contributed by atoms with Gasteiger partial charge in [-0.1, -0.05) is 68.4 Å². The number of hydrogen-bond acceptors (Lipinski definition) is 3. The largest absolute Gasteiger partial charge is 0.343 e. The second-order valence-electron chi connectivity index (χ2n) is 11.0. The number of nitrogens with zero attached hydrogens (tertiary/aromatic N) is 2. The Bertz CT molecular complexity index is 1140. The highest BCUT2D eigenvalue weighted by Gasteiger charge is 2.45. The van der Waals surface area contributed by atoms with Crippen molar-refractivity contribution in [2.24, 2.45) is 5.92 Å². The zero-order valence-corrected chi connectivity index (χ0v) is 21.6. The minimum atomic E-state index is -1.25. The SMILES string of the molecule is CC(C)c1ccc(C(NC(=O)[C@@H]2CC(F)CN2C(=O)C2CCC3CCC(=O)N3C2)c2ccccc2)cc1. The van der Waals surface area contributed by atoms with E-state index in [1.807, 2.05) is 47.4 Å². The van der Waals surface area contributed by atoms with Crippen LogP contribution in [0.4, 0.5) is 4.39 Å². The summed E-state index contributed by atoms with van der Waals surface area (Å²) in [6.07, 6.45) is 1.58. The summed E-state index contributed by atoms with van der Waals surface area (Å²) in [5.74, 6) is -0.454. The third-order valence-electron chi connectivity index (χ3n) is 8.26. The molecule has 3 heterocycles. The molecular weight excluding hydrogens is 469 g/mol. The molecule has 0 radical (unpaired) electrons. The van der Waals surface area contributed by atoms with Crippen LogP contribution in [-0.4, -0.2) is 58.9 Å². The second-order valence-corrected chi connectivity index (χ2v) is 11.0. The van der Waals surface area contributed by atoms with E-state index < -0.39 is 18.3 Å². The van der Waals surface area contributed by atoms with Crippen LogP contribution in [0.1, 0.15) is 74.6 Å². The second kappa shape index (κ2) is 10.6. The van der Waals surface area contributed by atoms with Crippen LogP contribution in [0.25, 0.3) is 0 Å². The Morgan fingerprint density at radius 2 is 1.59 bits per heavy atom. The topological polar surface area (TPSA) is 69.7 Å². The third kappa shape index (κ3) is 5.27. The predicted octanol–water partition coefficient (Wildman–Crippen LogP) is 4.36. The van der Waals surface area contributed by atoms with E-state index in [4.69, 9.17) is 0 Å². The molecule has 0 spiro atoms. The molecule has 2 aromatic rings. The molecule has 3 saturated heterocycles. The smallest absolute Gasteiger partial charge is 0.243 e. The lowest BCUT2D eigenvalue weighted by Gasteiger charge is -2.37. The Hall–Kier alpha value is -3.22. The van der Waals surface area contributed by atoms with Gasteiger partial charge < -0.3 is 15.1 Å². The fourth-order valence-electron chi connectivity index (χ4n) is 6.10. The standard InChI is InChI=1S/C30H36FN3O3/c1-19(2)20-8-10-22(11-9-20)28(21-6-4-3-5-7-21)32-29(36)26-16-24(31)18-34(26)30(37)23-12-13-25-14-15-27(35)33(25)17-23/h3-11,19,23-26,28H,12-18H2,1-2H3,(H,32,36)/t23?,24?,25?,26-,28?/m0/s1. The van der Waals surface area contributed by atoms with Crippen molar-refractivity contribution in [1.29, 1.82) is 0 Å². The van der Waals surface area contributed by atoms with Gasteiger partial charge in [0.1, 0.15) is 12.2 Å². The van der Waals surface area contributed by atoms with Crippen LogP contribution in [0.15, 0.2) is 54.6 Å². The van der Waals surface area contributed by atoms with Crippen LogP contribution >= 0.6 is 0 Å². The van der Waals surface area contributed by atoms with Gasteiger partial charge >= 0.3 is 0 Å². The molecule has 5 rings (SSSR count). The van der Waals surface area contributed by atoms with E-state index >= 15 is 0 Å². The van der Waals surface area contributed by atoms with Gasteiger partial charge in [0.2, 0.25) is 17.7 Å².